The van der Waals surface area contributed by atoms with Gasteiger partial charge in [-0.1, -0.05) is 23.1 Å². The summed E-state index contributed by atoms with van der Waals surface area (Å²) in [6, 6.07) is 7.25. The molecule has 0 aliphatic carbocycles. The first-order valence-corrected chi connectivity index (χ1v) is 9.36. The summed E-state index contributed by atoms with van der Waals surface area (Å²) in [6.07, 6.45) is 4.76. The van der Waals surface area contributed by atoms with E-state index in [1.54, 1.807) is 35.6 Å². The summed E-state index contributed by atoms with van der Waals surface area (Å²) in [6.45, 7) is 0. The maximum absolute atomic E-state index is 12.2. The van der Waals surface area contributed by atoms with Crippen LogP contribution in [0.5, 0.6) is 0 Å². The zero-order valence-electron chi connectivity index (χ0n) is 13.6. The van der Waals surface area contributed by atoms with E-state index < -0.39 is 0 Å². The fourth-order valence-corrected chi connectivity index (χ4v) is 3.86. The molecule has 0 bridgehead atoms. The molecule has 4 rings (SSSR count). The Labute approximate surface area is 156 Å². The molecule has 10 heteroatoms. The van der Waals surface area contributed by atoms with Crippen molar-refractivity contribution in [3.05, 3.63) is 43.1 Å². The van der Waals surface area contributed by atoms with E-state index in [1.165, 1.54) is 23.1 Å². The summed E-state index contributed by atoms with van der Waals surface area (Å²) < 4.78 is 12.7. The Bertz CT molecular complexity index is 953. The molecule has 4 aromatic heterocycles. The largest absolute Gasteiger partial charge is 0.463 e. The summed E-state index contributed by atoms with van der Waals surface area (Å²) in [5.41, 5.74) is 0.631. The van der Waals surface area contributed by atoms with Gasteiger partial charge in [-0.15, -0.1) is 10.2 Å². The molecule has 0 saturated carbocycles. The number of carbonyl (C=O) groups is 1. The Morgan fingerprint density at radius 3 is 2.69 bits per heavy atom. The van der Waals surface area contributed by atoms with Gasteiger partial charge in [0.25, 0.3) is 0 Å². The minimum Gasteiger partial charge on any atom is -0.463 e. The topological polar surface area (TPSA) is 99.0 Å². The van der Waals surface area contributed by atoms with E-state index in [0.29, 0.717) is 27.5 Å². The molecule has 8 nitrogen and oxygen atoms in total. The minimum atomic E-state index is -0.177. The van der Waals surface area contributed by atoms with Gasteiger partial charge in [0.15, 0.2) is 16.0 Å². The lowest BCUT2D eigenvalue weighted by Gasteiger charge is -2.01. The number of thiazole rings is 1. The zero-order chi connectivity index (χ0) is 17.9. The normalized spacial score (nSPS) is 11.0. The molecular formula is C16H13N5O3S2. The zero-order valence-corrected chi connectivity index (χ0v) is 15.2. The average Bonchev–Trinajstić information content (AvgIpc) is 3.40. The Morgan fingerprint density at radius 2 is 2.04 bits per heavy atom. The number of carbonyl (C=O) groups excluding carboxylic acids is 1. The molecule has 0 unspecified atom stereocenters. The van der Waals surface area contributed by atoms with Crippen molar-refractivity contribution in [3.8, 4) is 22.1 Å². The number of rotatable bonds is 6. The van der Waals surface area contributed by atoms with Crippen LogP contribution < -0.4 is 5.32 Å². The van der Waals surface area contributed by atoms with E-state index in [2.05, 4.69) is 20.5 Å². The van der Waals surface area contributed by atoms with Gasteiger partial charge in [-0.05, 0) is 24.3 Å². The highest BCUT2D eigenvalue weighted by Crippen LogP contribution is 2.39. The van der Waals surface area contributed by atoms with E-state index in [4.69, 9.17) is 8.83 Å². The fraction of sp³-hybridized carbons (Fsp3) is 0.125. The van der Waals surface area contributed by atoms with Crippen molar-refractivity contribution in [3.63, 3.8) is 0 Å². The van der Waals surface area contributed by atoms with Crippen molar-refractivity contribution in [2.45, 2.75) is 5.16 Å². The lowest BCUT2D eigenvalue weighted by Crippen LogP contribution is -2.14. The molecular weight excluding hydrogens is 374 g/mol. The van der Waals surface area contributed by atoms with Gasteiger partial charge in [0.05, 0.1) is 18.3 Å². The molecule has 0 radical (unpaired) electrons. The van der Waals surface area contributed by atoms with Crippen LogP contribution in [0.25, 0.3) is 22.1 Å². The van der Waals surface area contributed by atoms with Crippen molar-refractivity contribution in [1.82, 2.24) is 19.7 Å². The number of thioether (sulfide) groups is 1. The molecule has 0 aliphatic rings. The van der Waals surface area contributed by atoms with Gasteiger partial charge in [0.2, 0.25) is 5.91 Å². The second kappa shape index (κ2) is 7.18. The number of aryl methyl sites for hydroxylation is 1. The molecule has 132 valence electrons. The highest BCUT2D eigenvalue weighted by atomic mass is 32.2. The second-order valence-electron chi connectivity index (χ2n) is 5.21. The lowest BCUT2D eigenvalue weighted by atomic mass is 10.2. The lowest BCUT2D eigenvalue weighted by molar-refractivity contribution is -0.113. The molecule has 0 atom stereocenters. The molecule has 26 heavy (non-hydrogen) atoms. The number of aromatic nitrogens is 4. The first kappa shape index (κ1) is 16.6. The Morgan fingerprint density at radius 1 is 1.27 bits per heavy atom. The molecule has 4 aromatic rings. The number of hydrogen-bond acceptors (Lipinski definition) is 8. The quantitative estimate of drug-likeness (QED) is 0.505. The molecule has 4 heterocycles. The van der Waals surface area contributed by atoms with Crippen LogP contribution in [-0.4, -0.2) is 31.4 Å². The maximum Gasteiger partial charge on any atom is 0.236 e. The van der Waals surface area contributed by atoms with Crippen LogP contribution in [0.1, 0.15) is 0 Å². The minimum absolute atomic E-state index is 0.177. The van der Waals surface area contributed by atoms with Crippen LogP contribution in [0.15, 0.2) is 57.1 Å². The van der Waals surface area contributed by atoms with Crippen LogP contribution in [0.2, 0.25) is 0 Å². The molecule has 0 spiro atoms. The van der Waals surface area contributed by atoms with Gasteiger partial charge in [-0.25, -0.2) is 4.98 Å². The fourth-order valence-electron chi connectivity index (χ4n) is 2.22. The smallest absolute Gasteiger partial charge is 0.236 e. The summed E-state index contributed by atoms with van der Waals surface area (Å²) >= 11 is 2.64. The number of furan rings is 2. The van der Waals surface area contributed by atoms with E-state index in [9.17, 15) is 4.79 Å². The maximum atomic E-state index is 12.2. The molecule has 0 saturated heterocycles. The van der Waals surface area contributed by atoms with Crippen LogP contribution in [-0.2, 0) is 11.8 Å². The average molecular weight is 387 g/mol. The Balaban J connectivity index is 1.52. The van der Waals surface area contributed by atoms with E-state index in [1.807, 2.05) is 19.2 Å². The summed E-state index contributed by atoms with van der Waals surface area (Å²) in [5, 5.41) is 11.7. The first-order valence-electron chi connectivity index (χ1n) is 7.56. The van der Waals surface area contributed by atoms with Gasteiger partial charge in [0, 0.05) is 7.05 Å². The summed E-state index contributed by atoms with van der Waals surface area (Å²) in [7, 11) is 1.83. The van der Waals surface area contributed by atoms with Crippen molar-refractivity contribution < 1.29 is 13.6 Å². The third-order valence-electron chi connectivity index (χ3n) is 3.38. The molecule has 1 amide bonds. The van der Waals surface area contributed by atoms with E-state index in [0.717, 1.165) is 4.88 Å². The monoisotopic (exact) mass is 387 g/mol. The Kier molecular flexibility index (Phi) is 4.59. The van der Waals surface area contributed by atoms with Crippen molar-refractivity contribution >= 4 is 34.1 Å². The number of amides is 1. The molecule has 0 aromatic carbocycles. The van der Waals surface area contributed by atoms with Crippen LogP contribution in [0.4, 0.5) is 5.13 Å². The standard InChI is InChI=1S/C16H13N5O3S2/c1-21-9-17-20-16(21)25-8-12(22)18-15-19-13(10-4-2-6-23-10)14(26-15)11-5-3-7-24-11/h2-7,9H,8H2,1H3,(H,18,19,22). The van der Waals surface area contributed by atoms with Gasteiger partial charge >= 0.3 is 0 Å². The molecule has 0 fully saturated rings. The summed E-state index contributed by atoms with van der Waals surface area (Å²) in [4.78, 5) is 17.5. The van der Waals surface area contributed by atoms with Gasteiger partial charge < -0.3 is 18.7 Å². The van der Waals surface area contributed by atoms with Gasteiger partial charge in [-0.3, -0.25) is 4.79 Å². The Hall–Kier alpha value is -2.85. The van der Waals surface area contributed by atoms with Gasteiger partial charge in [-0.2, -0.15) is 0 Å². The van der Waals surface area contributed by atoms with Crippen LogP contribution >= 0.6 is 23.1 Å². The highest BCUT2D eigenvalue weighted by Gasteiger charge is 2.20. The predicted molar refractivity (Wildman–Crippen MR) is 97.9 cm³/mol. The molecule has 1 N–H and O–H groups in total. The summed E-state index contributed by atoms with van der Waals surface area (Å²) in [5.74, 6) is 1.31. The number of nitrogens with one attached hydrogen (secondary N) is 1. The first-order chi connectivity index (χ1) is 12.7. The third-order valence-corrected chi connectivity index (χ3v) is 5.39. The van der Waals surface area contributed by atoms with Crippen molar-refractivity contribution in [2.24, 2.45) is 7.05 Å². The second-order valence-corrected chi connectivity index (χ2v) is 7.15. The molecule has 0 aliphatic heterocycles. The highest BCUT2D eigenvalue weighted by molar-refractivity contribution is 7.99. The van der Waals surface area contributed by atoms with Crippen LogP contribution in [0, 0.1) is 0 Å². The van der Waals surface area contributed by atoms with E-state index in [-0.39, 0.29) is 11.7 Å². The third kappa shape index (κ3) is 3.41. The number of anilines is 1. The van der Waals surface area contributed by atoms with Gasteiger partial charge in [0.1, 0.15) is 22.7 Å². The number of hydrogen-bond donors (Lipinski definition) is 1. The number of nitrogens with zero attached hydrogens (tertiary/aromatic N) is 4. The van der Waals surface area contributed by atoms with Crippen LogP contribution in [0.3, 0.4) is 0 Å². The van der Waals surface area contributed by atoms with E-state index >= 15 is 0 Å². The van der Waals surface area contributed by atoms with Crippen molar-refractivity contribution in [2.75, 3.05) is 11.1 Å². The van der Waals surface area contributed by atoms with Crippen molar-refractivity contribution in [1.29, 1.82) is 0 Å². The SMILES string of the molecule is Cn1cnnc1SCC(=O)Nc1nc(-c2ccco2)c(-c2ccco2)s1. The predicted octanol–water partition coefficient (Wildman–Crippen LogP) is 3.52.